The molecule has 168 valence electrons. The minimum absolute atomic E-state index is 0.0461. The number of benzene rings is 2. The van der Waals surface area contributed by atoms with E-state index in [1.165, 1.54) is 10.4 Å². The Labute approximate surface area is 191 Å². The summed E-state index contributed by atoms with van der Waals surface area (Å²) in [6.45, 7) is 1.53. The molecule has 3 aliphatic rings. The number of fused-ring (bicyclic) bond motifs is 3. The summed E-state index contributed by atoms with van der Waals surface area (Å²) in [5.41, 5.74) is 2.76. The molecule has 1 aliphatic carbocycles. The molecule has 0 radical (unpaired) electrons. The van der Waals surface area contributed by atoms with Gasteiger partial charge in [-0.25, -0.2) is 13.2 Å². The van der Waals surface area contributed by atoms with Gasteiger partial charge in [-0.15, -0.1) is 0 Å². The number of halogens is 1. The number of nitrogens with zero attached hydrogens (tertiary/aromatic N) is 1. The van der Waals surface area contributed by atoms with Gasteiger partial charge in [0, 0.05) is 19.0 Å². The third-order valence-electron chi connectivity index (χ3n) is 6.51. The first-order valence-corrected chi connectivity index (χ1v) is 12.4. The van der Waals surface area contributed by atoms with Gasteiger partial charge in [0.05, 0.1) is 40.4 Å². The van der Waals surface area contributed by atoms with Gasteiger partial charge in [0.1, 0.15) is 0 Å². The van der Waals surface area contributed by atoms with Crippen LogP contribution in [-0.2, 0) is 14.8 Å². The van der Waals surface area contributed by atoms with E-state index in [4.69, 9.17) is 16.3 Å². The highest BCUT2D eigenvalue weighted by Crippen LogP contribution is 2.51. The van der Waals surface area contributed by atoms with Crippen molar-refractivity contribution in [2.45, 2.75) is 23.3 Å². The number of hydrogen-bond donors (Lipinski definition) is 2. The number of carbonyl (C=O) groups is 1. The second kappa shape index (κ2) is 8.19. The lowest BCUT2D eigenvalue weighted by Crippen LogP contribution is -2.40. The van der Waals surface area contributed by atoms with Crippen LogP contribution in [0.3, 0.4) is 0 Å². The molecular formula is C23H23ClN2O5S. The molecular weight excluding hydrogens is 452 g/mol. The first kappa shape index (κ1) is 21.5. The monoisotopic (exact) mass is 474 g/mol. The van der Waals surface area contributed by atoms with E-state index in [9.17, 15) is 18.3 Å². The summed E-state index contributed by atoms with van der Waals surface area (Å²) in [5, 5.41) is 13.3. The van der Waals surface area contributed by atoms with Crippen molar-refractivity contribution in [3.05, 3.63) is 70.3 Å². The quantitative estimate of drug-likeness (QED) is 0.653. The Morgan fingerprint density at radius 3 is 2.56 bits per heavy atom. The summed E-state index contributed by atoms with van der Waals surface area (Å²) in [4.78, 5) is 11.8. The summed E-state index contributed by atoms with van der Waals surface area (Å²) in [6, 6.07) is 10.1. The van der Waals surface area contributed by atoms with Crippen LogP contribution >= 0.6 is 11.6 Å². The number of anilines is 1. The van der Waals surface area contributed by atoms with Gasteiger partial charge in [-0.1, -0.05) is 35.9 Å². The molecule has 2 aromatic carbocycles. The zero-order valence-corrected chi connectivity index (χ0v) is 18.8. The average molecular weight is 475 g/mol. The molecule has 0 spiro atoms. The maximum Gasteiger partial charge on any atom is 0.335 e. The molecule has 5 rings (SSSR count). The number of allylic oxidation sites excluding steroid dienone is 2. The Morgan fingerprint density at radius 2 is 1.88 bits per heavy atom. The first-order valence-electron chi connectivity index (χ1n) is 10.5. The molecule has 0 aromatic heterocycles. The van der Waals surface area contributed by atoms with Crippen molar-refractivity contribution in [3.63, 3.8) is 0 Å². The van der Waals surface area contributed by atoms with Crippen molar-refractivity contribution in [1.82, 2.24) is 4.31 Å². The van der Waals surface area contributed by atoms with E-state index in [2.05, 4.69) is 17.5 Å². The minimum atomic E-state index is -3.55. The second-order valence-electron chi connectivity index (χ2n) is 8.29. The predicted octanol–water partition coefficient (Wildman–Crippen LogP) is 3.89. The van der Waals surface area contributed by atoms with Gasteiger partial charge in [0.25, 0.3) is 0 Å². The van der Waals surface area contributed by atoms with Gasteiger partial charge >= 0.3 is 5.97 Å². The van der Waals surface area contributed by atoms with Crippen molar-refractivity contribution in [2.24, 2.45) is 5.92 Å². The van der Waals surface area contributed by atoms with Gasteiger partial charge in [0.2, 0.25) is 10.0 Å². The normalized spacial score (nSPS) is 25.1. The smallest absolute Gasteiger partial charge is 0.335 e. The molecule has 1 fully saturated rings. The lowest BCUT2D eigenvalue weighted by Gasteiger charge is -2.38. The molecule has 0 amide bonds. The largest absolute Gasteiger partial charge is 0.478 e. The van der Waals surface area contributed by atoms with E-state index in [-0.39, 0.29) is 28.3 Å². The summed E-state index contributed by atoms with van der Waals surface area (Å²) < 4.78 is 32.6. The van der Waals surface area contributed by atoms with E-state index in [0.717, 1.165) is 23.2 Å². The molecule has 7 nitrogen and oxygen atoms in total. The topological polar surface area (TPSA) is 95.9 Å². The Hall–Kier alpha value is -2.39. The predicted molar refractivity (Wildman–Crippen MR) is 121 cm³/mol. The van der Waals surface area contributed by atoms with Gasteiger partial charge in [-0.3, -0.25) is 0 Å². The molecule has 0 bridgehead atoms. The van der Waals surface area contributed by atoms with Crippen LogP contribution in [0.1, 0.15) is 39.9 Å². The van der Waals surface area contributed by atoms with Gasteiger partial charge in [0.15, 0.2) is 0 Å². The highest BCUT2D eigenvalue weighted by atomic mass is 35.5. The van der Waals surface area contributed by atoms with E-state index in [1.807, 2.05) is 12.1 Å². The van der Waals surface area contributed by atoms with E-state index >= 15 is 0 Å². The maximum absolute atomic E-state index is 12.9. The lowest BCUT2D eigenvalue weighted by atomic mass is 9.76. The Morgan fingerprint density at radius 1 is 1.16 bits per heavy atom. The Bertz CT molecular complexity index is 1190. The second-order valence-corrected chi connectivity index (χ2v) is 10.6. The van der Waals surface area contributed by atoms with Crippen LogP contribution in [0.5, 0.6) is 0 Å². The van der Waals surface area contributed by atoms with Crippen LogP contribution in [0, 0.1) is 5.92 Å². The number of ether oxygens (including phenoxy) is 1. The van der Waals surface area contributed by atoms with Crippen molar-refractivity contribution in [2.75, 3.05) is 31.6 Å². The third-order valence-corrected chi connectivity index (χ3v) is 8.73. The van der Waals surface area contributed by atoms with E-state index in [1.54, 1.807) is 18.2 Å². The molecule has 9 heteroatoms. The highest BCUT2D eigenvalue weighted by Gasteiger charge is 2.39. The standard InChI is InChI=1S/C23H23ClN2O5S/c24-20-13-15(23(27)28)12-19-17-2-1-3-18(17)21(25-22(19)20)14-4-6-16(7-5-14)32(29,30)26-8-10-31-11-9-26/h1-2,4-7,12-13,17-18,21,25H,3,8-11H2,(H,27,28)/t17-,18-,21+/m0/s1. The fraction of sp³-hybridized carbons (Fsp3) is 0.348. The zero-order chi connectivity index (χ0) is 22.5. The minimum Gasteiger partial charge on any atom is -0.478 e. The molecule has 2 heterocycles. The molecule has 2 N–H and O–H groups in total. The number of hydrogen-bond acceptors (Lipinski definition) is 5. The summed E-state index contributed by atoms with van der Waals surface area (Å²) in [7, 11) is -3.55. The van der Waals surface area contributed by atoms with Crippen LogP contribution in [0.15, 0.2) is 53.4 Å². The molecule has 3 atom stereocenters. The number of nitrogens with one attached hydrogen (secondary N) is 1. The Kier molecular flexibility index (Phi) is 5.49. The van der Waals surface area contributed by atoms with Crippen LogP contribution < -0.4 is 5.32 Å². The number of carboxylic acids is 1. The molecule has 0 saturated carbocycles. The molecule has 32 heavy (non-hydrogen) atoms. The molecule has 2 aromatic rings. The van der Waals surface area contributed by atoms with E-state index in [0.29, 0.717) is 31.3 Å². The van der Waals surface area contributed by atoms with Gasteiger partial charge < -0.3 is 15.2 Å². The SMILES string of the molecule is O=C(O)c1cc(Cl)c2c(c1)[C@H]1C=CC[C@@H]1[C@@H](c1ccc(S(=O)(=O)N3CCOCC3)cc1)N2. The number of carboxylic acid groups (broad SMARTS) is 1. The van der Waals surface area contributed by atoms with Gasteiger partial charge in [-0.2, -0.15) is 4.31 Å². The fourth-order valence-corrected chi connectivity index (χ4v) is 6.58. The number of morpholine rings is 1. The van der Waals surface area contributed by atoms with Crippen molar-refractivity contribution < 1.29 is 23.1 Å². The molecule has 2 aliphatic heterocycles. The zero-order valence-electron chi connectivity index (χ0n) is 17.2. The number of sulfonamides is 1. The van der Waals surface area contributed by atoms with Crippen LogP contribution in [0.4, 0.5) is 5.69 Å². The maximum atomic E-state index is 12.9. The summed E-state index contributed by atoms with van der Waals surface area (Å²) in [5.74, 6) is -0.776. The van der Waals surface area contributed by atoms with Gasteiger partial charge in [-0.05, 0) is 47.7 Å². The molecule has 0 unspecified atom stereocenters. The van der Waals surface area contributed by atoms with Crippen molar-refractivity contribution in [1.29, 1.82) is 0 Å². The third kappa shape index (κ3) is 3.61. The summed E-state index contributed by atoms with van der Waals surface area (Å²) in [6.07, 6.45) is 5.05. The first-order chi connectivity index (χ1) is 15.4. The van der Waals surface area contributed by atoms with Crippen molar-refractivity contribution >= 4 is 33.3 Å². The summed E-state index contributed by atoms with van der Waals surface area (Å²) >= 11 is 6.46. The van der Waals surface area contributed by atoms with Crippen molar-refractivity contribution in [3.8, 4) is 0 Å². The van der Waals surface area contributed by atoms with Crippen LogP contribution in [-0.4, -0.2) is 50.1 Å². The van der Waals surface area contributed by atoms with E-state index < -0.39 is 16.0 Å². The fourth-order valence-electron chi connectivity index (χ4n) is 4.89. The number of rotatable bonds is 4. The number of aromatic carboxylic acids is 1. The van der Waals surface area contributed by atoms with Crippen LogP contribution in [0.2, 0.25) is 5.02 Å². The Balaban J connectivity index is 1.46. The lowest BCUT2D eigenvalue weighted by molar-refractivity contribution is 0.0696. The molecule has 1 saturated heterocycles. The average Bonchev–Trinajstić information content (AvgIpc) is 3.29. The van der Waals surface area contributed by atoms with Crippen LogP contribution in [0.25, 0.3) is 0 Å². The highest BCUT2D eigenvalue weighted by molar-refractivity contribution is 7.89.